The molecule has 0 radical (unpaired) electrons. The smallest absolute Gasteiger partial charge is 0.137 e. The minimum atomic E-state index is -0.499. The molecule has 0 amide bonds. The molecule has 3 nitrogen and oxygen atoms in total. The molecule has 0 spiro atoms. The quantitative estimate of drug-likeness (QED) is 0.892. The number of rotatable bonds is 5. The second kappa shape index (κ2) is 6.41. The third kappa shape index (κ3) is 3.61. The fourth-order valence-electron chi connectivity index (χ4n) is 2.18. The van der Waals surface area contributed by atoms with E-state index in [1.54, 1.807) is 13.0 Å². The fourth-order valence-corrected chi connectivity index (χ4v) is 2.43. The molecule has 1 saturated heterocycles. The van der Waals surface area contributed by atoms with Crippen LogP contribution < -0.4 is 4.74 Å². The van der Waals surface area contributed by atoms with Gasteiger partial charge in [0.2, 0.25) is 0 Å². The van der Waals surface area contributed by atoms with Gasteiger partial charge in [-0.25, -0.2) is 0 Å². The topological polar surface area (TPSA) is 32.7 Å². The molecule has 4 heteroatoms. The Labute approximate surface area is 113 Å². The molecule has 1 atom stereocenters. The molecule has 0 saturated carbocycles. The maximum absolute atomic E-state index is 9.45. The molecule has 2 rings (SSSR count). The minimum Gasteiger partial charge on any atom is -0.491 e. The second-order valence-electron chi connectivity index (χ2n) is 4.76. The summed E-state index contributed by atoms with van der Waals surface area (Å²) in [7, 11) is 0. The zero-order valence-corrected chi connectivity index (χ0v) is 11.5. The van der Waals surface area contributed by atoms with Crippen LogP contribution in [0, 0.1) is 0 Å². The van der Waals surface area contributed by atoms with Crippen molar-refractivity contribution < 1.29 is 9.84 Å². The van der Waals surface area contributed by atoms with Crippen molar-refractivity contribution in [2.24, 2.45) is 0 Å². The van der Waals surface area contributed by atoms with Crippen molar-refractivity contribution in [2.45, 2.75) is 25.9 Å². The predicted molar refractivity (Wildman–Crippen MR) is 73.3 cm³/mol. The van der Waals surface area contributed by atoms with Crippen LogP contribution in [0.4, 0.5) is 0 Å². The standard InChI is InChI=1S/C14H20ClNO2/c1-11(17)12-4-5-14(13(15)10-12)18-9-8-16-6-2-3-7-16/h4-5,10-11,17H,2-3,6-9H2,1H3. The van der Waals surface area contributed by atoms with Gasteiger partial charge in [0, 0.05) is 6.54 Å². The summed E-state index contributed by atoms with van der Waals surface area (Å²) < 4.78 is 5.68. The zero-order valence-electron chi connectivity index (χ0n) is 10.7. The third-order valence-electron chi connectivity index (χ3n) is 3.30. The van der Waals surface area contributed by atoms with Crippen LogP contribution >= 0.6 is 11.6 Å². The van der Waals surface area contributed by atoms with Crippen molar-refractivity contribution in [3.8, 4) is 5.75 Å². The Kier molecular flexibility index (Phi) is 4.87. The molecule has 1 aromatic rings. The lowest BCUT2D eigenvalue weighted by Gasteiger charge is -2.16. The van der Waals surface area contributed by atoms with E-state index >= 15 is 0 Å². The summed E-state index contributed by atoms with van der Waals surface area (Å²) in [5, 5.41) is 10.0. The summed E-state index contributed by atoms with van der Waals surface area (Å²) in [6.07, 6.45) is 2.09. The molecule has 1 N–H and O–H groups in total. The van der Waals surface area contributed by atoms with E-state index in [1.807, 2.05) is 12.1 Å². The van der Waals surface area contributed by atoms with Gasteiger partial charge in [-0.05, 0) is 50.6 Å². The van der Waals surface area contributed by atoms with Gasteiger partial charge in [0.05, 0.1) is 11.1 Å². The number of aliphatic hydroxyl groups excluding tert-OH is 1. The molecule has 1 unspecified atom stereocenters. The van der Waals surface area contributed by atoms with Crippen molar-refractivity contribution in [2.75, 3.05) is 26.2 Å². The first kappa shape index (κ1) is 13.7. The summed E-state index contributed by atoms with van der Waals surface area (Å²) >= 11 is 6.12. The number of benzene rings is 1. The summed E-state index contributed by atoms with van der Waals surface area (Å²) in [6.45, 7) is 5.69. The number of halogens is 1. The maximum atomic E-state index is 9.45. The van der Waals surface area contributed by atoms with Gasteiger partial charge in [-0.1, -0.05) is 17.7 Å². The van der Waals surface area contributed by atoms with Crippen LogP contribution in [0.5, 0.6) is 5.75 Å². The van der Waals surface area contributed by atoms with E-state index in [0.29, 0.717) is 17.4 Å². The van der Waals surface area contributed by atoms with E-state index in [9.17, 15) is 5.11 Å². The maximum Gasteiger partial charge on any atom is 0.137 e. The highest BCUT2D eigenvalue weighted by Gasteiger charge is 2.11. The second-order valence-corrected chi connectivity index (χ2v) is 5.17. The van der Waals surface area contributed by atoms with Crippen LogP contribution in [0.3, 0.4) is 0 Å². The van der Waals surface area contributed by atoms with Crippen LogP contribution in [-0.4, -0.2) is 36.2 Å². The van der Waals surface area contributed by atoms with Crippen LogP contribution in [0.1, 0.15) is 31.4 Å². The van der Waals surface area contributed by atoms with Crippen LogP contribution in [0.2, 0.25) is 5.02 Å². The number of hydrogen-bond acceptors (Lipinski definition) is 3. The van der Waals surface area contributed by atoms with Gasteiger partial charge in [0.25, 0.3) is 0 Å². The summed E-state index contributed by atoms with van der Waals surface area (Å²) in [5.41, 5.74) is 0.812. The summed E-state index contributed by atoms with van der Waals surface area (Å²) in [4.78, 5) is 2.40. The van der Waals surface area contributed by atoms with Gasteiger partial charge in [-0.2, -0.15) is 0 Å². The van der Waals surface area contributed by atoms with Gasteiger partial charge in [-0.3, -0.25) is 4.90 Å². The molecule has 0 aliphatic carbocycles. The van der Waals surface area contributed by atoms with E-state index in [1.165, 1.54) is 25.9 Å². The Balaban J connectivity index is 1.85. The SMILES string of the molecule is CC(O)c1ccc(OCCN2CCCC2)c(Cl)c1. The number of hydrogen-bond donors (Lipinski definition) is 1. The van der Waals surface area contributed by atoms with E-state index in [-0.39, 0.29) is 0 Å². The largest absolute Gasteiger partial charge is 0.491 e. The van der Waals surface area contributed by atoms with Crippen LogP contribution in [0.25, 0.3) is 0 Å². The highest BCUT2D eigenvalue weighted by Crippen LogP contribution is 2.27. The van der Waals surface area contributed by atoms with E-state index in [2.05, 4.69) is 4.90 Å². The molecule has 1 aromatic carbocycles. The number of likely N-dealkylation sites (tertiary alicyclic amines) is 1. The Morgan fingerprint density at radius 2 is 2.11 bits per heavy atom. The molecule has 1 heterocycles. The first-order valence-corrected chi connectivity index (χ1v) is 6.87. The van der Waals surface area contributed by atoms with Crippen molar-refractivity contribution in [3.63, 3.8) is 0 Å². The van der Waals surface area contributed by atoms with Crippen molar-refractivity contribution in [3.05, 3.63) is 28.8 Å². The van der Waals surface area contributed by atoms with E-state index in [0.717, 1.165) is 12.1 Å². The molecule has 1 aliphatic heterocycles. The average Bonchev–Trinajstić information content (AvgIpc) is 2.84. The monoisotopic (exact) mass is 269 g/mol. The van der Waals surface area contributed by atoms with Crippen LogP contribution in [-0.2, 0) is 0 Å². The van der Waals surface area contributed by atoms with Crippen LogP contribution in [0.15, 0.2) is 18.2 Å². The summed E-state index contributed by atoms with van der Waals surface area (Å²) in [5.74, 6) is 0.695. The predicted octanol–water partition coefficient (Wildman–Crippen LogP) is 2.87. The highest BCUT2D eigenvalue weighted by atomic mass is 35.5. The normalized spacial score (nSPS) is 17.9. The van der Waals surface area contributed by atoms with Crippen molar-refractivity contribution >= 4 is 11.6 Å². The number of nitrogens with zero attached hydrogens (tertiary/aromatic N) is 1. The average molecular weight is 270 g/mol. The lowest BCUT2D eigenvalue weighted by Crippen LogP contribution is -2.25. The highest BCUT2D eigenvalue weighted by molar-refractivity contribution is 6.32. The number of aliphatic hydroxyl groups is 1. The minimum absolute atomic E-state index is 0.499. The summed E-state index contributed by atoms with van der Waals surface area (Å²) in [6, 6.07) is 5.44. The van der Waals surface area contributed by atoms with Gasteiger partial charge in [-0.15, -0.1) is 0 Å². The molecule has 18 heavy (non-hydrogen) atoms. The van der Waals surface area contributed by atoms with Gasteiger partial charge >= 0.3 is 0 Å². The molecular weight excluding hydrogens is 250 g/mol. The Morgan fingerprint density at radius 1 is 1.39 bits per heavy atom. The lowest BCUT2D eigenvalue weighted by molar-refractivity contribution is 0.199. The Hall–Kier alpha value is -0.770. The Morgan fingerprint density at radius 3 is 2.72 bits per heavy atom. The third-order valence-corrected chi connectivity index (χ3v) is 3.60. The first-order chi connectivity index (χ1) is 8.66. The van der Waals surface area contributed by atoms with E-state index in [4.69, 9.17) is 16.3 Å². The zero-order chi connectivity index (χ0) is 13.0. The molecule has 0 bridgehead atoms. The molecule has 1 fully saturated rings. The first-order valence-electron chi connectivity index (χ1n) is 6.49. The van der Waals surface area contributed by atoms with Crippen molar-refractivity contribution in [1.29, 1.82) is 0 Å². The molecular formula is C14H20ClNO2. The Bertz CT molecular complexity index is 389. The lowest BCUT2D eigenvalue weighted by atomic mass is 10.1. The fraction of sp³-hybridized carbons (Fsp3) is 0.571. The van der Waals surface area contributed by atoms with Gasteiger partial charge in [0.1, 0.15) is 12.4 Å². The van der Waals surface area contributed by atoms with Gasteiger partial charge < -0.3 is 9.84 Å². The van der Waals surface area contributed by atoms with Gasteiger partial charge in [0.15, 0.2) is 0 Å². The molecule has 0 aromatic heterocycles. The molecule has 100 valence electrons. The van der Waals surface area contributed by atoms with E-state index < -0.39 is 6.10 Å². The molecule has 1 aliphatic rings. The number of ether oxygens (including phenoxy) is 1. The van der Waals surface area contributed by atoms with Crippen molar-refractivity contribution in [1.82, 2.24) is 4.90 Å².